The van der Waals surface area contributed by atoms with Crippen molar-refractivity contribution in [3.05, 3.63) is 47.7 Å². The van der Waals surface area contributed by atoms with E-state index in [-0.39, 0.29) is 0 Å². The maximum absolute atomic E-state index is 11.5. The molecule has 26 heavy (non-hydrogen) atoms. The van der Waals surface area contributed by atoms with Gasteiger partial charge >= 0.3 is 0 Å². The molecule has 1 amide bonds. The van der Waals surface area contributed by atoms with Crippen molar-refractivity contribution in [1.29, 1.82) is 0 Å². The predicted molar refractivity (Wildman–Crippen MR) is 97.1 cm³/mol. The van der Waals surface area contributed by atoms with Crippen LogP contribution < -0.4 is 10.5 Å². The van der Waals surface area contributed by atoms with Crippen molar-refractivity contribution in [2.45, 2.75) is 26.4 Å². The van der Waals surface area contributed by atoms with Crippen molar-refractivity contribution < 1.29 is 18.7 Å². The number of furan rings is 1. The van der Waals surface area contributed by atoms with Gasteiger partial charge in [0, 0.05) is 38.0 Å². The number of hydrogen-bond donors (Lipinski definition) is 1. The second kappa shape index (κ2) is 8.05. The normalized spacial score (nSPS) is 13.5. The zero-order chi connectivity index (χ0) is 18.5. The third-order valence-electron chi connectivity index (χ3n) is 4.20. The second-order valence-electron chi connectivity index (χ2n) is 6.12. The standard InChI is InChI=1S/C15H15N3O3.C4H8O/c1-9-14(15(16)19)11-7-10(3-4-12(11)21-9)20-8-13-17-5-6-18(13)2;1-2-4-5-3-1/h3-7H,8H2,1-2H3,(H2,16,19);1-4H2. The molecule has 1 fully saturated rings. The van der Waals surface area contributed by atoms with Crippen LogP contribution in [0.2, 0.25) is 0 Å². The number of rotatable bonds is 4. The van der Waals surface area contributed by atoms with Gasteiger partial charge in [-0.1, -0.05) is 0 Å². The summed E-state index contributed by atoms with van der Waals surface area (Å²) in [6.45, 7) is 4.06. The lowest BCUT2D eigenvalue weighted by molar-refractivity contribution is 0.1000. The number of nitrogens with zero attached hydrogens (tertiary/aromatic N) is 2. The first-order chi connectivity index (χ1) is 12.6. The van der Waals surface area contributed by atoms with E-state index in [4.69, 9.17) is 19.6 Å². The Morgan fingerprint density at radius 2 is 2.12 bits per heavy atom. The van der Waals surface area contributed by atoms with Crippen LogP contribution in [0.15, 0.2) is 35.0 Å². The van der Waals surface area contributed by atoms with Gasteiger partial charge < -0.3 is 24.2 Å². The zero-order valence-corrected chi connectivity index (χ0v) is 15.0. The average Bonchev–Trinajstić information content (AvgIpc) is 3.34. The van der Waals surface area contributed by atoms with Crippen molar-refractivity contribution >= 4 is 16.9 Å². The number of nitrogens with two attached hydrogens (primary N) is 1. The van der Waals surface area contributed by atoms with Gasteiger partial charge in [-0.3, -0.25) is 4.79 Å². The Labute approximate surface area is 151 Å². The summed E-state index contributed by atoms with van der Waals surface area (Å²) in [5.74, 6) is 1.45. The molecule has 2 N–H and O–H groups in total. The van der Waals surface area contributed by atoms with Crippen LogP contribution in [0.3, 0.4) is 0 Å². The fourth-order valence-electron chi connectivity index (χ4n) is 2.79. The number of primary amides is 1. The fourth-order valence-corrected chi connectivity index (χ4v) is 2.79. The maximum atomic E-state index is 11.5. The molecule has 2 aromatic heterocycles. The summed E-state index contributed by atoms with van der Waals surface area (Å²) in [7, 11) is 1.90. The monoisotopic (exact) mass is 357 g/mol. The number of aryl methyl sites for hydroxylation is 2. The van der Waals surface area contributed by atoms with Crippen molar-refractivity contribution in [2.75, 3.05) is 13.2 Å². The Kier molecular flexibility index (Phi) is 5.58. The van der Waals surface area contributed by atoms with Crippen molar-refractivity contribution in [2.24, 2.45) is 12.8 Å². The molecule has 1 aliphatic rings. The van der Waals surface area contributed by atoms with E-state index >= 15 is 0 Å². The van der Waals surface area contributed by atoms with Crippen LogP contribution in [0.5, 0.6) is 5.75 Å². The Morgan fingerprint density at radius 3 is 2.69 bits per heavy atom. The molecular formula is C19H23N3O4. The number of carbonyl (C=O) groups excluding carboxylic acids is 1. The Hall–Kier alpha value is -2.80. The Bertz CT molecular complexity index is 886. The number of ether oxygens (including phenoxy) is 2. The molecule has 0 unspecified atom stereocenters. The summed E-state index contributed by atoms with van der Waals surface area (Å²) in [4.78, 5) is 15.7. The van der Waals surface area contributed by atoms with Gasteiger partial charge in [-0.25, -0.2) is 4.98 Å². The highest BCUT2D eigenvalue weighted by Gasteiger charge is 2.16. The van der Waals surface area contributed by atoms with Gasteiger partial charge in [0.15, 0.2) is 0 Å². The van der Waals surface area contributed by atoms with Gasteiger partial charge in [-0.2, -0.15) is 0 Å². The summed E-state index contributed by atoms with van der Waals surface area (Å²) < 4.78 is 18.0. The average molecular weight is 357 g/mol. The minimum absolute atomic E-state index is 0.345. The minimum Gasteiger partial charge on any atom is -0.486 e. The van der Waals surface area contributed by atoms with Crippen LogP contribution >= 0.6 is 0 Å². The first-order valence-electron chi connectivity index (χ1n) is 8.56. The first kappa shape index (κ1) is 18.0. The molecule has 138 valence electrons. The van der Waals surface area contributed by atoms with E-state index in [1.54, 1.807) is 31.3 Å². The molecule has 0 saturated carbocycles. The number of imidazole rings is 1. The molecule has 7 nitrogen and oxygen atoms in total. The van der Waals surface area contributed by atoms with E-state index in [2.05, 4.69) is 4.98 Å². The van der Waals surface area contributed by atoms with E-state index in [0.29, 0.717) is 34.6 Å². The zero-order valence-electron chi connectivity index (χ0n) is 15.0. The lowest BCUT2D eigenvalue weighted by atomic mass is 10.1. The first-order valence-corrected chi connectivity index (χ1v) is 8.56. The molecule has 0 atom stereocenters. The van der Waals surface area contributed by atoms with Crippen molar-refractivity contribution in [3.8, 4) is 5.75 Å². The van der Waals surface area contributed by atoms with Gasteiger partial charge in [-0.15, -0.1) is 0 Å². The maximum Gasteiger partial charge on any atom is 0.252 e. The van der Waals surface area contributed by atoms with Crippen LogP contribution in [0.1, 0.15) is 34.8 Å². The van der Waals surface area contributed by atoms with Crippen molar-refractivity contribution in [1.82, 2.24) is 9.55 Å². The van der Waals surface area contributed by atoms with E-state index in [9.17, 15) is 4.79 Å². The summed E-state index contributed by atoms with van der Waals surface area (Å²) in [5.41, 5.74) is 6.41. The summed E-state index contributed by atoms with van der Waals surface area (Å²) >= 11 is 0. The van der Waals surface area contributed by atoms with E-state index < -0.39 is 5.91 Å². The molecule has 0 bridgehead atoms. The third kappa shape index (κ3) is 4.05. The van der Waals surface area contributed by atoms with Crippen molar-refractivity contribution in [3.63, 3.8) is 0 Å². The molecule has 0 aliphatic carbocycles. The lowest BCUT2D eigenvalue weighted by Gasteiger charge is -2.06. The smallest absolute Gasteiger partial charge is 0.252 e. The van der Waals surface area contributed by atoms with Crippen LogP contribution in [-0.4, -0.2) is 28.7 Å². The molecular weight excluding hydrogens is 334 g/mol. The minimum atomic E-state index is -0.507. The predicted octanol–water partition coefficient (Wildman–Crippen LogP) is 2.95. The number of fused-ring (bicyclic) bond motifs is 1. The van der Waals surface area contributed by atoms with Crippen LogP contribution in [0.4, 0.5) is 0 Å². The summed E-state index contributed by atoms with van der Waals surface area (Å²) in [5, 5.41) is 0.664. The molecule has 1 aromatic carbocycles. The molecule has 4 rings (SSSR count). The van der Waals surface area contributed by atoms with Gasteiger partial charge in [0.05, 0.1) is 5.56 Å². The largest absolute Gasteiger partial charge is 0.486 e. The lowest BCUT2D eigenvalue weighted by Crippen LogP contribution is -2.11. The number of hydrogen-bond acceptors (Lipinski definition) is 5. The molecule has 1 aliphatic heterocycles. The highest BCUT2D eigenvalue weighted by atomic mass is 16.5. The van der Waals surface area contributed by atoms with E-state index in [1.165, 1.54) is 12.8 Å². The van der Waals surface area contributed by atoms with E-state index in [1.807, 2.05) is 17.8 Å². The number of carbonyl (C=O) groups is 1. The highest BCUT2D eigenvalue weighted by molar-refractivity contribution is 6.06. The van der Waals surface area contributed by atoms with Gasteiger partial charge in [0.1, 0.15) is 29.5 Å². The topological polar surface area (TPSA) is 92.5 Å². The van der Waals surface area contributed by atoms with Crippen LogP contribution in [-0.2, 0) is 18.4 Å². The van der Waals surface area contributed by atoms with Crippen LogP contribution in [0, 0.1) is 6.92 Å². The second-order valence-corrected chi connectivity index (χ2v) is 6.12. The highest BCUT2D eigenvalue weighted by Crippen LogP contribution is 2.29. The Morgan fingerprint density at radius 1 is 1.35 bits per heavy atom. The van der Waals surface area contributed by atoms with Crippen LogP contribution in [0.25, 0.3) is 11.0 Å². The number of benzene rings is 1. The summed E-state index contributed by atoms with van der Waals surface area (Å²) in [6.07, 6.45) is 6.12. The molecule has 7 heteroatoms. The van der Waals surface area contributed by atoms with Gasteiger partial charge in [0.2, 0.25) is 0 Å². The Balaban J connectivity index is 0.000000339. The third-order valence-corrected chi connectivity index (χ3v) is 4.20. The molecule has 3 heterocycles. The fraction of sp³-hybridized carbons (Fsp3) is 0.368. The van der Waals surface area contributed by atoms with E-state index in [0.717, 1.165) is 19.0 Å². The number of amides is 1. The van der Waals surface area contributed by atoms with Gasteiger partial charge in [-0.05, 0) is 38.0 Å². The van der Waals surface area contributed by atoms with Gasteiger partial charge in [0.25, 0.3) is 5.91 Å². The molecule has 0 radical (unpaired) electrons. The molecule has 1 saturated heterocycles. The quantitative estimate of drug-likeness (QED) is 0.775. The SMILES string of the molecule is C1CCOC1.Cc1oc2ccc(OCc3nccn3C)cc2c1C(N)=O. The molecule has 3 aromatic rings. The molecule has 0 spiro atoms. The summed E-state index contributed by atoms with van der Waals surface area (Å²) in [6, 6.07) is 5.32. The number of aromatic nitrogens is 2.